The maximum Gasteiger partial charge on any atom is 0.243 e. The molecule has 0 aliphatic carbocycles. The highest BCUT2D eigenvalue weighted by Gasteiger charge is 2.31. The Labute approximate surface area is 171 Å². The lowest BCUT2D eigenvalue weighted by atomic mass is 10.0. The van der Waals surface area contributed by atoms with Crippen molar-refractivity contribution in [2.45, 2.75) is 37.5 Å². The van der Waals surface area contributed by atoms with E-state index in [1.807, 2.05) is 54.4 Å². The summed E-state index contributed by atoms with van der Waals surface area (Å²) in [5, 5.41) is 17.5. The first-order chi connectivity index (χ1) is 14.0. The number of fused-ring (bicyclic) bond motifs is 1. The Balaban J connectivity index is 1.74. The largest absolute Gasteiger partial charge is 0.390 e. The van der Waals surface area contributed by atoms with E-state index in [0.717, 1.165) is 35.7 Å². The van der Waals surface area contributed by atoms with Crippen molar-refractivity contribution in [3.63, 3.8) is 0 Å². The minimum atomic E-state index is -0.808. The maximum atomic E-state index is 12.8. The Kier molecular flexibility index (Phi) is 7.19. The number of rotatable bonds is 8. The van der Waals surface area contributed by atoms with Crippen LogP contribution in [0.3, 0.4) is 0 Å². The Morgan fingerprint density at radius 2 is 2.00 bits per heavy atom. The van der Waals surface area contributed by atoms with E-state index < -0.39 is 12.1 Å². The summed E-state index contributed by atoms with van der Waals surface area (Å²) in [4.78, 5) is 27.5. The molecule has 1 aliphatic rings. The zero-order valence-electron chi connectivity index (χ0n) is 16.8. The molecule has 1 heterocycles. The van der Waals surface area contributed by atoms with Crippen molar-refractivity contribution in [1.82, 2.24) is 15.5 Å². The van der Waals surface area contributed by atoms with Gasteiger partial charge in [-0.05, 0) is 42.8 Å². The number of carbonyl (C=O) groups excluding carboxylic acids is 2. The second-order valence-electron chi connectivity index (χ2n) is 7.72. The minimum Gasteiger partial charge on any atom is -0.390 e. The molecule has 7 nitrogen and oxygen atoms in total. The number of nitrogens with one attached hydrogen (secondary N) is 2. The third-order valence-corrected chi connectivity index (χ3v) is 5.49. The summed E-state index contributed by atoms with van der Waals surface area (Å²) >= 11 is 0. The van der Waals surface area contributed by atoms with Crippen molar-refractivity contribution in [3.8, 4) is 0 Å². The number of benzene rings is 2. The van der Waals surface area contributed by atoms with Gasteiger partial charge in [-0.1, -0.05) is 42.5 Å². The fourth-order valence-corrected chi connectivity index (χ4v) is 3.75. The first-order valence-electron chi connectivity index (χ1n) is 10.1. The third kappa shape index (κ3) is 5.53. The lowest BCUT2D eigenvalue weighted by Crippen LogP contribution is -2.53. The molecule has 1 aliphatic heterocycles. The fraction of sp³-hybridized carbons (Fsp3) is 0.455. The normalized spacial score (nSPS) is 19.1. The average Bonchev–Trinajstić information content (AvgIpc) is 3.17. The second kappa shape index (κ2) is 9.82. The molecular weight excluding hydrogens is 368 g/mol. The van der Waals surface area contributed by atoms with Gasteiger partial charge in [0.2, 0.25) is 11.8 Å². The van der Waals surface area contributed by atoms with Gasteiger partial charge in [-0.25, -0.2) is 0 Å². The van der Waals surface area contributed by atoms with Gasteiger partial charge in [0.25, 0.3) is 0 Å². The van der Waals surface area contributed by atoms with Crippen molar-refractivity contribution in [1.29, 1.82) is 0 Å². The molecule has 0 aromatic heterocycles. The summed E-state index contributed by atoms with van der Waals surface area (Å²) in [6, 6.07) is 13.1. The van der Waals surface area contributed by atoms with Gasteiger partial charge in [0.05, 0.1) is 12.1 Å². The van der Waals surface area contributed by atoms with Crippen LogP contribution in [0.1, 0.15) is 18.4 Å². The van der Waals surface area contributed by atoms with Gasteiger partial charge in [0.1, 0.15) is 6.04 Å². The molecule has 5 N–H and O–H groups in total. The highest BCUT2D eigenvalue weighted by molar-refractivity contribution is 5.90. The first kappa shape index (κ1) is 21.2. The second-order valence-corrected chi connectivity index (χ2v) is 7.72. The molecule has 0 radical (unpaired) electrons. The molecule has 2 unspecified atom stereocenters. The molecule has 1 saturated heterocycles. The van der Waals surface area contributed by atoms with Crippen molar-refractivity contribution >= 4 is 22.6 Å². The van der Waals surface area contributed by atoms with Crippen LogP contribution in [-0.4, -0.2) is 66.7 Å². The maximum absolute atomic E-state index is 12.8. The quantitative estimate of drug-likeness (QED) is 0.515. The fourth-order valence-electron chi connectivity index (χ4n) is 3.75. The number of hydrogen-bond acceptors (Lipinski definition) is 5. The van der Waals surface area contributed by atoms with Gasteiger partial charge in [-0.15, -0.1) is 0 Å². The number of likely N-dealkylation sites (tertiary alicyclic amines) is 1. The van der Waals surface area contributed by atoms with Crippen LogP contribution in [0.25, 0.3) is 10.8 Å². The van der Waals surface area contributed by atoms with Crippen molar-refractivity contribution < 1.29 is 14.7 Å². The Morgan fingerprint density at radius 3 is 2.69 bits per heavy atom. The van der Waals surface area contributed by atoms with Gasteiger partial charge < -0.3 is 21.5 Å². The van der Waals surface area contributed by atoms with Crippen LogP contribution in [0.4, 0.5) is 0 Å². The van der Waals surface area contributed by atoms with Gasteiger partial charge in [0, 0.05) is 19.5 Å². The SMILES string of the molecule is CN1CCCC1C(=O)N[C@H](Cc1ccc2ccccc2c1)C(=O)NCC(O)CN. The third-order valence-electron chi connectivity index (χ3n) is 5.49. The molecule has 3 atom stereocenters. The van der Waals surface area contributed by atoms with Crippen molar-refractivity contribution in [3.05, 3.63) is 48.0 Å². The topological polar surface area (TPSA) is 108 Å². The number of amides is 2. The number of hydrogen-bond donors (Lipinski definition) is 4. The zero-order chi connectivity index (χ0) is 20.8. The summed E-state index contributed by atoms with van der Waals surface area (Å²) in [5.74, 6) is -0.454. The van der Waals surface area contributed by atoms with Crippen LogP contribution in [0.2, 0.25) is 0 Å². The number of carbonyl (C=O) groups is 2. The first-order valence-corrected chi connectivity index (χ1v) is 10.1. The minimum absolute atomic E-state index is 0.0583. The predicted molar refractivity (Wildman–Crippen MR) is 113 cm³/mol. The van der Waals surface area contributed by atoms with Crippen LogP contribution >= 0.6 is 0 Å². The smallest absolute Gasteiger partial charge is 0.243 e. The highest BCUT2D eigenvalue weighted by Crippen LogP contribution is 2.18. The van der Waals surface area contributed by atoms with E-state index in [0.29, 0.717) is 6.42 Å². The van der Waals surface area contributed by atoms with Crippen LogP contribution in [0, 0.1) is 0 Å². The zero-order valence-corrected chi connectivity index (χ0v) is 16.8. The van der Waals surface area contributed by atoms with E-state index >= 15 is 0 Å². The summed E-state index contributed by atoms with van der Waals surface area (Å²) < 4.78 is 0. The average molecular weight is 399 g/mol. The van der Waals surface area contributed by atoms with Gasteiger partial charge in [0.15, 0.2) is 0 Å². The summed E-state index contributed by atoms with van der Waals surface area (Å²) in [6.45, 7) is 1.000. The summed E-state index contributed by atoms with van der Waals surface area (Å²) in [6.07, 6.45) is 1.33. The standard InChI is InChI=1S/C22H30N4O3/c1-26-10-4-7-20(26)22(29)25-19(21(28)24-14-18(27)13-23)12-15-8-9-16-5-2-3-6-17(16)11-15/h2-3,5-6,8-9,11,18-20,27H,4,7,10,12-14,23H2,1H3,(H,24,28)(H,25,29)/t18?,19-,20?/m1/s1. The molecule has 2 aromatic carbocycles. The van der Waals surface area contributed by atoms with Gasteiger partial charge >= 0.3 is 0 Å². The molecule has 2 amide bonds. The Morgan fingerprint density at radius 1 is 1.24 bits per heavy atom. The summed E-state index contributed by atoms with van der Waals surface area (Å²) in [5.41, 5.74) is 6.37. The van der Waals surface area contributed by atoms with Crippen LogP contribution in [-0.2, 0) is 16.0 Å². The van der Waals surface area contributed by atoms with Crippen LogP contribution in [0.15, 0.2) is 42.5 Å². The van der Waals surface area contributed by atoms with Crippen LogP contribution < -0.4 is 16.4 Å². The molecule has 29 heavy (non-hydrogen) atoms. The predicted octanol–water partition coefficient (Wildman–Crippen LogP) is 0.397. The monoisotopic (exact) mass is 398 g/mol. The molecular formula is C22H30N4O3. The highest BCUT2D eigenvalue weighted by atomic mass is 16.3. The molecule has 3 rings (SSSR count). The number of aliphatic hydroxyl groups is 1. The number of nitrogens with zero attached hydrogens (tertiary/aromatic N) is 1. The molecule has 156 valence electrons. The number of likely N-dealkylation sites (N-methyl/N-ethyl adjacent to an activating group) is 1. The number of nitrogens with two attached hydrogens (primary N) is 1. The van der Waals surface area contributed by atoms with E-state index in [1.165, 1.54) is 0 Å². The van der Waals surface area contributed by atoms with Crippen molar-refractivity contribution in [2.75, 3.05) is 26.7 Å². The molecule has 0 bridgehead atoms. The lowest BCUT2D eigenvalue weighted by molar-refractivity contribution is -0.131. The Hall–Kier alpha value is -2.48. The summed E-state index contributed by atoms with van der Waals surface area (Å²) in [7, 11) is 1.92. The van der Waals surface area contributed by atoms with E-state index in [9.17, 15) is 14.7 Å². The molecule has 0 spiro atoms. The molecule has 0 saturated carbocycles. The van der Waals surface area contributed by atoms with E-state index in [1.54, 1.807) is 0 Å². The Bertz CT molecular complexity index is 857. The van der Waals surface area contributed by atoms with E-state index in [2.05, 4.69) is 10.6 Å². The van der Waals surface area contributed by atoms with Gasteiger partial charge in [-0.2, -0.15) is 0 Å². The molecule has 2 aromatic rings. The number of aliphatic hydroxyl groups excluding tert-OH is 1. The lowest BCUT2D eigenvalue weighted by Gasteiger charge is -2.24. The van der Waals surface area contributed by atoms with E-state index in [4.69, 9.17) is 5.73 Å². The molecule has 1 fully saturated rings. The van der Waals surface area contributed by atoms with Gasteiger partial charge in [-0.3, -0.25) is 14.5 Å². The van der Waals surface area contributed by atoms with Crippen molar-refractivity contribution in [2.24, 2.45) is 5.73 Å². The van der Waals surface area contributed by atoms with E-state index in [-0.39, 0.29) is 30.9 Å². The van der Waals surface area contributed by atoms with Crippen LogP contribution in [0.5, 0.6) is 0 Å². The molecule has 7 heteroatoms.